The molecule has 3 nitrogen and oxygen atoms in total. The average molecular weight is 195 g/mol. The Balaban J connectivity index is 2.89. The van der Waals surface area contributed by atoms with Crippen LogP contribution in [-0.2, 0) is 4.79 Å². The first-order chi connectivity index (χ1) is 6.41. The summed E-state index contributed by atoms with van der Waals surface area (Å²) in [7, 11) is 0. The zero-order valence-corrected chi connectivity index (χ0v) is 8.90. The van der Waals surface area contributed by atoms with Gasteiger partial charge in [0.2, 0.25) is 0 Å². The lowest BCUT2D eigenvalue weighted by atomic mass is 9.84. The minimum Gasteiger partial charge on any atom is -0.481 e. The molecule has 0 radical (unpaired) electrons. The number of carboxylic acid groups (broad SMARTS) is 1. The Morgan fingerprint density at radius 1 is 1.36 bits per heavy atom. The van der Waals surface area contributed by atoms with E-state index in [2.05, 4.69) is 20.8 Å². The smallest absolute Gasteiger partial charge is 0.305 e. The highest BCUT2D eigenvalue weighted by Crippen LogP contribution is 2.33. The average Bonchev–Trinajstić information content (AvgIpc) is 2.49. The maximum Gasteiger partial charge on any atom is 0.305 e. The summed E-state index contributed by atoms with van der Waals surface area (Å²) in [5.74, 6) is -0.751. The van der Waals surface area contributed by atoms with Crippen molar-refractivity contribution in [3.8, 4) is 0 Å². The number of rotatable bonds is 3. The van der Waals surface area contributed by atoms with Crippen LogP contribution >= 0.6 is 0 Å². The van der Waals surface area contributed by atoms with Crippen molar-refractivity contribution >= 4 is 5.97 Å². The number of carbonyl (C=O) groups is 1. The Morgan fingerprint density at radius 3 is 2.21 bits per heavy atom. The summed E-state index contributed by atoms with van der Waals surface area (Å²) in [4.78, 5) is 10.7. The second-order valence-electron chi connectivity index (χ2n) is 4.61. The first-order valence-electron chi connectivity index (χ1n) is 4.75. The quantitative estimate of drug-likeness (QED) is 0.805. The van der Waals surface area contributed by atoms with Crippen LogP contribution in [-0.4, -0.2) is 15.6 Å². The van der Waals surface area contributed by atoms with Crippen LogP contribution in [0.2, 0.25) is 0 Å². The van der Waals surface area contributed by atoms with E-state index in [1.54, 1.807) is 0 Å². The van der Waals surface area contributed by atoms with Crippen LogP contribution in [0, 0.1) is 5.41 Å². The maximum atomic E-state index is 10.7. The number of aliphatic carboxylic acids is 1. The van der Waals surface area contributed by atoms with Gasteiger partial charge in [0.05, 0.1) is 6.42 Å². The van der Waals surface area contributed by atoms with E-state index in [0.717, 1.165) is 0 Å². The molecule has 14 heavy (non-hydrogen) atoms. The molecule has 1 N–H and O–H groups in total. The van der Waals surface area contributed by atoms with Crippen LogP contribution < -0.4 is 0 Å². The molecule has 3 heteroatoms. The van der Waals surface area contributed by atoms with Gasteiger partial charge >= 0.3 is 5.97 Å². The Labute approximate surface area is 84.4 Å². The minimum atomic E-state index is -0.751. The monoisotopic (exact) mass is 195 g/mol. The predicted octanol–water partition coefficient (Wildman–Crippen LogP) is 2.55. The summed E-state index contributed by atoms with van der Waals surface area (Å²) in [5, 5.41) is 8.83. The summed E-state index contributed by atoms with van der Waals surface area (Å²) >= 11 is 0. The van der Waals surface area contributed by atoms with Gasteiger partial charge in [-0.25, -0.2) is 0 Å². The highest BCUT2D eigenvalue weighted by atomic mass is 16.4. The van der Waals surface area contributed by atoms with E-state index >= 15 is 0 Å². The number of carboxylic acids is 1. The third-order valence-electron chi connectivity index (χ3n) is 2.36. The van der Waals surface area contributed by atoms with Gasteiger partial charge in [-0.2, -0.15) is 0 Å². The molecular formula is C11H17NO2. The number of aromatic nitrogens is 1. The zero-order valence-electron chi connectivity index (χ0n) is 8.90. The molecule has 1 rings (SSSR count). The molecular weight excluding hydrogens is 178 g/mol. The van der Waals surface area contributed by atoms with Crippen molar-refractivity contribution < 1.29 is 9.90 Å². The fourth-order valence-electron chi connectivity index (χ4n) is 1.58. The lowest BCUT2D eigenvalue weighted by Gasteiger charge is -2.30. The van der Waals surface area contributed by atoms with Crippen molar-refractivity contribution in [3.05, 3.63) is 24.5 Å². The summed E-state index contributed by atoms with van der Waals surface area (Å²) in [5.41, 5.74) is -0.0442. The van der Waals surface area contributed by atoms with Gasteiger partial charge in [-0.15, -0.1) is 0 Å². The zero-order chi connectivity index (χ0) is 10.8. The SMILES string of the molecule is CC(C)(C)C(CC(=O)O)n1cccc1. The van der Waals surface area contributed by atoms with Crippen LogP contribution in [0.5, 0.6) is 0 Å². The van der Waals surface area contributed by atoms with Crippen LogP contribution in [0.3, 0.4) is 0 Å². The summed E-state index contributed by atoms with van der Waals surface area (Å²) in [6.45, 7) is 6.17. The maximum absolute atomic E-state index is 10.7. The summed E-state index contributed by atoms with van der Waals surface area (Å²) < 4.78 is 1.97. The van der Waals surface area contributed by atoms with Crippen molar-refractivity contribution in [1.82, 2.24) is 4.57 Å². The van der Waals surface area contributed by atoms with E-state index in [1.807, 2.05) is 29.1 Å². The Bertz CT molecular complexity index is 296. The molecule has 0 aliphatic carbocycles. The van der Waals surface area contributed by atoms with Crippen molar-refractivity contribution in [1.29, 1.82) is 0 Å². The van der Waals surface area contributed by atoms with Gasteiger partial charge in [-0.1, -0.05) is 20.8 Å². The van der Waals surface area contributed by atoms with E-state index in [1.165, 1.54) is 0 Å². The molecule has 1 unspecified atom stereocenters. The van der Waals surface area contributed by atoms with Gasteiger partial charge in [-0.3, -0.25) is 4.79 Å². The van der Waals surface area contributed by atoms with Crippen molar-refractivity contribution in [3.63, 3.8) is 0 Å². The van der Waals surface area contributed by atoms with Crippen molar-refractivity contribution in [2.24, 2.45) is 5.41 Å². The van der Waals surface area contributed by atoms with Gasteiger partial charge < -0.3 is 9.67 Å². The molecule has 0 aromatic carbocycles. The van der Waals surface area contributed by atoms with Gasteiger partial charge in [0.1, 0.15) is 0 Å². The molecule has 1 aromatic rings. The number of hydrogen-bond acceptors (Lipinski definition) is 1. The first-order valence-corrected chi connectivity index (χ1v) is 4.75. The van der Waals surface area contributed by atoms with E-state index in [4.69, 9.17) is 5.11 Å². The first kappa shape index (κ1) is 10.8. The standard InChI is InChI=1S/C11H17NO2/c1-11(2,3)9(8-10(13)14)12-6-4-5-7-12/h4-7,9H,8H2,1-3H3,(H,13,14). The lowest BCUT2D eigenvalue weighted by molar-refractivity contribution is -0.138. The summed E-state index contributed by atoms with van der Waals surface area (Å²) in [6.07, 6.45) is 4.00. The third kappa shape index (κ3) is 2.62. The fourth-order valence-corrected chi connectivity index (χ4v) is 1.58. The minimum absolute atomic E-state index is 0.00926. The molecule has 0 aliphatic rings. The highest BCUT2D eigenvalue weighted by molar-refractivity contribution is 5.67. The topological polar surface area (TPSA) is 42.2 Å². The Hall–Kier alpha value is -1.25. The second kappa shape index (κ2) is 3.86. The van der Waals surface area contributed by atoms with E-state index in [-0.39, 0.29) is 17.9 Å². The van der Waals surface area contributed by atoms with Crippen molar-refractivity contribution in [2.45, 2.75) is 33.2 Å². The normalized spacial score (nSPS) is 13.9. The van der Waals surface area contributed by atoms with Crippen LogP contribution in [0.1, 0.15) is 33.2 Å². The fraction of sp³-hybridized carbons (Fsp3) is 0.545. The van der Waals surface area contributed by atoms with Crippen LogP contribution in [0.15, 0.2) is 24.5 Å². The molecule has 1 heterocycles. The van der Waals surface area contributed by atoms with Gasteiger partial charge in [-0.05, 0) is 17.5 Å². The molecule has 0 saturated heterocycles. The van der Waals surface area contributed by atoms with Gasteiger partial charge in [0, 0.05) is 18.4 Å². The lowest BCUT2D eigenvalue weighted by Crippen LogP contribution is -2.25. The molecule has 78 valence electrons. The van der Waals surface area contributed by atoms with Gasteiger partial charge in [0.25, 0.3) is 0 Å². The molecule has 0 aliphatic heterocycles. The van der Waals surface area contributed by atoms with Crippen molar-refractivity contribution in [2.75, 3.05) is 0 Å². The van der Waals surface area contributed by atoms with Gasteiger partial charge in [0.15, 0.2) is 0 Å². The molecule has 0 saturated carbocycles. The Morgan fingerprint density at radius 2 is 1.86 bits per heavy atom. The van der Waals surface area contributed by atoms with Crippen LogP contribution in [0.4, 0.5) is 0 Å². The number of nitrogens with zero attached hydrogens (tertiary/aromatic N) is 1. The number of hydrogen-bond donors (Lipinski definition) is 1. The predicted molar refractivity (Wildman–Crippen MR) is 55.2 cm³/mol. The summed E-state index contributed by atoms with van der Waals surface area (Å²) in [6, 6.07) is 3.84. The van der Waals surface area contributed by atoms with E-state index in [0.29, 0.717) is 0 Å². The molecule has 1 aromatic heterocycles. The second-order valence-corrected chi connectivity index (χ2v) is 4.61. The molecule has 1 atom stereocenters. The molecule has 0 spiro atoms. The molecule has 0 bridgehead atoms. The van der Waals surface area contributed by atoms with E-state index in [9.17, 15) is 4.79 Å². The molecule has 0 fully saturated rings. The highest BCUT2D eigenvalue weighted by Gasteiger charge is 2.27. The molecule has 0 amide bonds. The Kier molecular flexibility index (Phi) is 2.99. The largest absolute Gasteiger partial charge is 0.481 e. The van der Waals surface area contributed by atoms with Crippen LogP contribution in [0.25, 0.3) is 0 Å². The third-order valence-corrected chi connectivity index (χ3v) is 2.36. The van der Waals surface area contributed by atoms with E-state index < -0.39 is 5.97 Å².